The summed E-state index contributed by atoms with van der Waals surface area (Å²) in [6.07, 6.45) is 4.57. The number of fused-ring (bicyclic) bond motifs is 3. The van der Waals surface area contributed by atoms with Gasteiger partial charge in [-0.15, -0.1) is 0 Å². The topological polar surface area (TPSA) is 71.5 Å². The van der Waals surface area contributed by atoms with Crippen LogP contribution in [0.5, 0.6) is 0 Å². The van der Waals surface area contributed by atoms with Crippen LogP contribution in [0.4, 0.5) is 10.1 Å². The fraction of sp³-hybridized carbons (Fsp3) is 0.483. The highest BCUT2D eigenvalue weighted by Gasteiger charge is 2.50. The maximum absolute atomic E-state index is 13.6. The summed E-state index contributed by atoms with van der Waals surface area (Å²) in [5, 5.41) is 5.33. The molecule has 2 amide bonds. The highest BCUT2D eigenvalue weighted by atomic mass is 35.5. The molecule has 3 aliphatic heterocycles. The molecule has 3 heterocycles. The summed E-state index contributed by atoms with van der Waals surface area (Å²) in [4.78, 5) is 35.0. The number of carbonyl (C=O) groups excluding carboxylic acids is 2. The summed E-state index contributed by atoms with van der Waals surface area (Å²) in [6, 6.07) is 14.2. The van der Waals surface area contributed by atoms with Crippen molar-refractivity contribution in [2.24, 2.45) is 11.0 Å². The van der Waals surface area contributed by atoms with Gasteiger partial charge in [0.05, 0.1) is 5.92 Å². The zero-order valence-electron chi connectivity index (χ0n) is 21.9. The molecule has 1 saturated carbocycles. The molecule has 2 aromatic rings. The molecular formula is C29H34ClFN6O2. The van der Waals surface area contributed by atoms with Gasteiger partial charge in [-0.25, -0.2) is 4.39 Å². The van der Waals surface area contributed by atoms with E-state index in [1.807, 2.05) is 34.1 Å². The number of amides is 2. The van der Waals surface area contributed by atoms with E-state index in [2.05, 4.69) is 20.3 Å². The van der Waals surface area contributed by atoms with Gasteiger partial charge in [0.15, 0.2) is 6.29 Å². The van der Waals surface area contributed by atoms with E-state index in [4.69, 9.17) is 11.6 Å². The SMILES string of the molecule is O=C(CCC1=NNC2N(Cc3ccc(Cl)cc3)C(=O)C3CCCCC3N12)N1CCN(c2ccc(F)cc2)CC1. The maximum atomic E-state index is 13.6. The first kappa shape index (κ1) is 25.9. The molecule has 39 heavy (non-hydrogen) atoms. The second-order valence-corrected chi connectivity index (χ2v) is 11.3. The Kier molecular flexibility index (Phi) is 7.34. The molecule has 206 valence electrons. The van der Waals surface area contributed by atoms with Crippen LogP contribution in [-0.2, 0) is 16.1 Å². The first-order valence-corrected chi connectivity index (χ1v) is 14.3. The van der Waals surface area contributed by atoms with Gasteiger partial charge in [0.2, 0.25) is 11.8 Å². The van der Waals surface area contributed by atoms with Crippen molar-refractivity contribution < 1.29 is 14.0 Å². The number of hydrogen-bond donors (Lipinski definition) is 1. The van der Waals surface area contributed by atoms with Gasteiger partial charge in [-0.2, -0.15) is 5.10 Å². The van der Waals surface area contributed by atoms with Crippen molar-refractivity contribution in [2.75, 3.05) is 31.1 Å². The van der Waals surface area contributed by atoms with Crippen LogP contribution < -0.4 is 10.3 Å². The van der Waals surface area contributed by atoms with Crippen LogP contribution in [0.1, 0.15) is 44.1 Å². The van der Waals surface area contributed by atoms with Crippen molar-refractivity contribution in [2.45, 2.75) is 57.4 Å². The number of carbonyl (C=O) groups is 2. The molecule has 0 radical (unpaired) electrons. The molecule has 1 N–H and O–H groups in total. The predicted molar refractivity (Wildman–Crippen MR) is 148 cm³/mol. The van der Waals surface area contributed by atoms with Crippen LogP contribution in [0.15, 0.2) is 53.6 Å². The van der Waals surface area contributed by atoms with E-state index < -0.39 is 0 Å². The number of amidine groups is 1. The molecule has 3 atom stereocenters. The molecule has 6 rings (SSSR count). The molecule has 4 aliphatic rings. The van der Waals surface area contributed by atoms with Gasteiger partial charge in [-0.05, 0) is 54.8 Å². The lowest BCUT2D eigenvalue weighted by Gasteiger charge is -2.50. The average Bonchev–Trinajstić information content (AvgIpc) is 3.39. The Morgan fingerprint density at radius 3 is 2.46 bits per heavy atom. The lowest BCUT2D eigenvalue weighted by Crippen LogP contribution is -2.67. The lowest BCUT2D eigenvalue weighted by molar-refractivity contribution is -0.156. The van der Waals surface area contributed by atoms with E-state index in [-0.39, 0.29) is 35.9 Å². The molecule has 3 unspecified atom stereocenters. The van der Waals surface area contributed by atoms with Gasteiger partial charge in [0.25, 0.3) is 0 Å². The van der Waals surface area contributed by atoms with Crippen molar-refractivity contribution >= 4 is 34.9 Å². The fourth-order valence-corrected chi connectivity index (χ4v) is 6.56. The zero-order valence-corrected chi connectivity index (χ0v) is 22.7. The molecule has 2 saturated heterocycles. The van der Waals surface area contributed by atoms with Crippen LogP contribution >= 0.6 is 11.6 Å². The minimum atomic E-state index is -0.336. The van der Waals surface area contributed by atoms with Gasteiger partial charge < -0.3 is 14.7 Å². The van der Waals surface area contributed by atoms with Crippen LogP contribution in [0.3, 0.4) is 0 Å². The molecular weight excluding hydrogens is 519 g/mol. The van der Waals surface area contributed by atoms with Crippen molar-refractivity contribution in [3.8, 4) is 0 Å². The van der Waals surface area contributed by atoms with E-state index in [0.717, 1.165) is 55.9 Å². The third kappa shape index (κ3) is 5.29. The second-order valence-electron chi connectivity index (χ2n) is 10.8. The summed E-state index contributed by atoms with van der Waals surface area (Å²) in [7, 11) is 0. The Morgan fingerprint density at radius 2 is 1.72 bits per heavy atom. The molecule has 8 nitrogen and oxygen atoms in total. The number of benzene rings is 2. The molecule has 1 aliphatic carbocycles. The summed E-state index contributed by atoms with van der Waals surface area (Å²) < 4.78 is 13.3. The number of piperazine rings is 1. The third-order valence-corrected chi connectivity index (χ3v) is 8.76. The van der Waals surface area contributed by atoms with Crippen LogP contribution in [0, 0.1) is 11.7 Å². The normalized spacial score (nSPS) is 24.7. The molecule has 3 fully saturated rings. The van der Waals surface area contributed by atoms with Crippen molar-refractivity contribution in [3.63, 3.8) is 0 Å². The highest BCUT2D eigenvalue weighted by Crippen LogP contribution is 2.38. The Morgan fingerprint density at radius 1 is 1.00 bits per heavy atom. The molecule has 0 spiro atoms. The monoisotopic (exact) mass is 552 g/mol. The molecule has 2 aromatic carbocycles. The quantitative estimate of drug-likeness (QED) is 0.586. The molecule has 0 aromatic heterocycles. The maximum Gasteiger partial charge on any atom is 0.231 e. The first-order valence-electron chi connectivity index (χ1n) is 13.9. The van der Waals surface area contributed by atoms with Crippen LogP contribution in [0.25, 0.3) is 0 Å². The molecule has 0 bridgehead atoms. The van der Waals surface area contributed by atoms with Crippen molar-refractivity contribution in [1.29, 1.82) is 0 Å². The summed E-state index contributed by atoms with van der Waals surface area (Å²) in [6.45, 7) is 3.20. The van der Waals surface area contributed by atoms with E-state index in [1.54, 1.807) is 12.1 Å². The number of hydrazone groups is 1. The third-order valence-electron chi connectivity index (χ3n) is 8.51. The van der Waals surface area contributed by atoms with Gasteiger partial charge in [-0.3, -0.25) is 19.9 Å². The Bertz CT molecular complexity index is 1230. The van der Waals surface area contributed by atoms with E-state index >= 15 is 0 Å². The Balaban J connectivity index is 1.09. The number of halogens is 2. The number of nitrogens with one attached hydrogen (secondary N) is 1. The van der Waals surface area contributed by atoms with Crippen molar-refractivity contribution in [1.82, 2.24) is 20.1 Å². The Hall–Kier alpha value is -3.33. The number of anilines is 1. The van der Waals surface area contributed by atoms with Gasteiger partial charge >= 0.3 is 0 Å². The first-order chi connectivity index (χ1) is 19.0. The Labute approximate surface area is 233 Å². The minimum Gasteiger partial charge on any atom is -0.368 e. The van der Waals surface area contributed by atoms with Crippen molar-refractivity contribution in [3.05, 3.63) is 64.9 Å². The van der Waals surface area contributed by atoms with E-state index in [0.29, 0.717) is 37.5 Å². The lowest BCUT2D eigenvalue weighted by atomic mass is 9.80. The zero-order chi connectivity index (χ0) is 26.9. The van der Waals surface area contributed by atoms with Gasteiger partial charge in [-0.1, -0.05) is 36.6 Å². The van der Waals surface area contributed by atoms with E-state index in [9.17, 15) is 14.0 Å². The number of rotatable bonds is 6. The summed E-state index contributed by atoms with van der Waals surface area (Å²) in [5.41, 5.74) is 5.22. The van der Waals surface area contributed by atoms with Crippen LogP contribution in [-0.4, -0.2) is 70.9 Å². The summed E-state index contributed by atoms with van der Waals surface area (Å²) in [5.74, 6) is 0.859. The van der Waals surface area contributed by atoms with Crippen LogP contribution in [0.2, 0.25) is 5.02 Å². The summed E-state index contributed by atoms with van der Waals surface area (Å²) >= 11 is 6.07. The molecule has 10 heteroatoms. The highest BCUT2D eigenvalue weighted by molar-refractivity contribution is 6.30. The van der Waals surface area contributed by atoms with Gasteiger partial charge in [0, 0.05) is 62.3 Å². The fourth-order valence-electron chi connectivity index (χ4n) is 6.43. The number of hydrogen-bond acceptors (Lipinski definition) is 6. The average molecular weight is 553 g/mol. The second kappa shape index (κ2) is 11.0. The number of nitrogens with zero attached hydrogens (tertiary/aromatic N) is 5. The van der Waals surface area contributed by atoms with Gasteiger partial charge in [0.1, 0.15) is 11.7 Å². The minimum absolute atomic E-state index is 0.0531. The van der Waals surface area contributed by atoms with E-state index in [1.165, 1.54) is 12.1 Å². The predicted octanol–water partition coefficient (Wildman–Crippen LogP) is 4.01. The smallest absolute Gasteiger partial charge is 0.231 e. The standard InChI is InChI=1S/C29H34ClFN6O2/c30-21-7-5-20(6-8-21)19-36-28(39)24-3-1-2-4-25(24)37-26(32-33-29(36)37)13-14-27(38)35-17-15-34(16-18-35)23-11-9-22(31)10-12-23/h5-12,24-25,29,33H,1-4,13-19H2. The largest absolute Gasteiger partial charge is 0.368 e.